The zero-order valence-corrected chi connectivity index (χ0v) is 13.3. The van der Waals surface area contributed by atoms with Crippen LogP contribution < -0.4 is 5.32 Å². The van der Waals surface area contributed by atoms with Gasteiger partial charge in [-0.2, -0.15) is 0 Å². The van der Waals surface area contributed by atoms with E-state index in [0.717, 1.165) is 42.3 Å². The van der Waals surface area contributed by atoms with E-state index in [9.17, 15) is 9.90 Å². The lowest BCUT2D eigenvalue weighted by atomic mass is 9.92. The lowest BCUT2D eigenvalue weighted by molar-refractivity contribution is 0.0527. The van der Waals surface area contributed by atoms with Gasteiger partial charge in [-0.3, -0.25) is 4.98 Å². The largest absolute Gasteiger partial charge is 0.462 e. The fraction of sp³-hybridized carbons (Fsp3) is 0.444. The van der Waals surface area contributed by atoms with E-state index in [4.69, 9.17) is 4.74 Å². The van der Waals surface area contributed by atoms with Crippen LogP contribution in [0.2, 0.25) is 0 Å². The van der Waals surface area contributed by atoms with Gasteiger partial charge in [-0.15, -0.1) is 0 Å². The monoisotopic (exact) mass is 314 g/mol. The molecule has 2 aromatic rings. The molecule has 1 aliphatic carbocycles. The smallest absolute Gasteiger partial charge is 0.341 e. The van der Waals surface area contributed by atoms with Crippen molar-refractivity contribution in [1.29, 1.82) is 0 Å². The summed E-state index contributed by atoms with van der Waals surface area (Å²) in [6, 6.07) is 8.01. The summed E-state index contributed by atoms with van der Waals surface area (Å²) >= 11 is 0. The minimum atomic E-state index is -0.357. The van der Waals surface area contributed by atoms with E-state index in [2.05, 4.69) is 10.3 Å². The molecular weight excluding hydrogens is 292 g/mol. The molecule has 23 heavy (non-hydrogen) atoms. The van der Waals surface area contributed by atoms with Gasteiger partial charge in [0.25, 0.3) is 0 Å². The highest BCUT2D eigenvalue weighted by atomic mass is 16.5. The lowest BCUT2D eigenvalue weighted by Gasteiger charge is -2.28. The number of carbonyl (C=O) groups is 1. The van der Waals surface area contributed by atoms with Gasteiger partial charge in [0.05, 0.1) is 23.9 Å². The van der Waals surface area contributed by atoms with Crippen LogP contribution in [0.25, 0.3) is 10.9 Å². The molecule has 5 nitrogen and oxygen atoms in total. The van der Waals surface area contributed by atoms with Gasteiger partial charge in [0.15, 0.2) is 0 Å². The Morgan fingerprint density at radius 2 is 2.04 bits per heavy atom. The molecule has 1 heterocycles. The van der Waals surface area contributed by atoms with Crippen LogP contribution in [0.4, 0.5) is 5.69 Å². The summed E-state index contributed by atoms with van der Waals surface area (Å²) in [4.78, 5) is 16.6. The van der Waals surface area contributed by atoms with Crippen molar-refractivity contribution in [1.82, 2.24) is 4.98 Å². The van der Waals surface area contributed by atoms with E-state index in [1.807, 2.05) is 24.3 Å². The number of carbonyl (C=O) groups excluding carboxylic acids is 1. The molecule has 0 unspecified atom stereocenters. The van der Waals surface area contributed by atoms with Crippen molar-refractivity contribution in [3.8, 4) is 0 Å². The van der Waals surface area contributed by atoms with Crippen molar-refractivity contribution in [3.63, 3.8) is 0 Å². The van der Waals surface area contributed by atoms with E-state index in [0.29, 0.717) is 12.2 Å². The predicted molar refractivity (Wildman–Crippen MR) is 89.6 cm³/mol. The second kappa shape index (κ2) is 6.96. The van der Waals surface area contributed by atoms with E-state index < -0.39 is 0 Å². The van der Waals surface area contributed by atoms with Gasteiger partial charge < -0.3 is 15.2 Å². The number of esters is 1. The molecule has 1 aromatic carbocycles. The third kappa shape index (κ3) is 3.45. The molecular formula is C18H22N2O3. The summed E-state index contributed by atoms with van der Waals surface area (Å²) in [5.74, 6) is -0.357. The van der Waals surface area contributed by atoms with E-state index in [-0.39, 0.29) is 18.1 Å². The maximum Gasteiger partial charge on any atom is 0.341 e. The Morgan fingerprint density at radius 3 is 2.78 bits per heavy atom. The van der Waals surface area contributed by atoms with Crippen LogP contribution in [0.5, 0.6) is 0 Å². The highest BCUT2D eigenvalue weighted by Gasteiger charge is 2.23. The molecule has 1 fully saturated rings. The first-order valence-electron chi connectivity index (χ1n) is 8.18. The summed E-state index contributed by atoms with van der Waals surface area (Å²) < 4.78 is 5.16. The number of rotatable bonds is 4. The summed E-state index contributed by atoms with van der Waals surface area (Å²) in [6.07, 6.45) is 4.73. The number of nitrogens with zero attached hydrogens (tertiary/aromatic N) is 1. The third-order valence-corrected chi connectivity index (χ3v) is 4.32. The first-order valence-corrected chi connectivity index (χ1v) is 8.18. The van der Waals surface area contributed by atoms with Crippen molar-refractivity contribution in [3.05, 3.63) is 36.0 Å². The van der Waals surface area contributed by atoms with Gasteiger partial charge in [0.1, 0.15) is 5.56 Å². The molecule has 122 valence electrons. The minimum Gasteiger partial charge on any atom is -0.462 e. The van der Waals surface area contributed by atoms with Crippen LogP contribution in [0.3, 0.4) is 0 Å². The van der Waals surface area contributed by atoms with Gasteiger partial charge in [-0.05, 0) is 38.7 Å². The van der Waals surface area contributed by atoms with Crippen molar-refractivity contribution in [2.45, 2.75) is 44.8 Å². The van der Waals surface area contributed by atoms with Gasteiger partial charge in [0, 0.05) is 17.6 Å². The number of aliphatic hydroxyl groups is 1. The molecule has 1 saturated carbocycles. The number of pyridine rings is 1. The number of hydrogen-bond acceptors (Lipinski definition) is 5. The normalized spacial score (nSPS) is 21.1. The Kier molecular flexibility index (Phi) is 4.76. The molecule has 1 aliphatic rings. The zero-order valence-electron chi connectivity index (χ0n) is 13.3. The highest BCUT2D eigenvalue weighted by Crippen LogP contribution is 2.30. The summed E-state index contributed by atoms with van der Waals surface area (Å²) in [6.45, 7) is 2.13. The standard InChI is InChI=1S/C18H22N2O3/c1-2-23-18(22)15-11-19-16-6-4-3-5-14(16)17(15)20-12-7-9-13(21)10-8-12/h3-6,11-13,21H,2,7-10H2,1H3,(H,19,20). The Bertz CT molecular complexity index is 694. The fourth-order valence-corrected chi connectivity index (χ4v) is 3.08. The number of aromatic nitrogens is 1. The SMILES string of the molecule is CCOC(=O)c1cnc2ccccc2c1NC1CCC(O)CC1. The number of nitrogens with one attached hydrogen (secondary N) is 1. The van der Waals surface area contributed by atoms with Gasteiger partial charge in [-0.25, -0.2) is 4.79 Å². The van der Waals surface area contributed by atoms with E-state index in [1.165, 1.54) is 0 Å². The number of benzene rings is 1. The molecule has 3 rings (SSSR count). The summed E-state index contributed by atoms with van der Waals surface area (Å²) in [5, 5.41) is 14.1. The van der Waals surface area contributed by atoms with Crippen LogP contribution in [0, 0.1) is 0 Å². The minimum absolute atomic E-state index is 0.202. The van der Waals surface area contributed by atoms with Crippen LogP contribution in [0.1, 0.15) is 43.0 Å². The number of aliphatic hydroxyl groups excluding tert-OH is 1. The number of fused-ring (bicyclic) bond motifs is 1. The predicted octanol–water partition coefficient (Wildman–Crippen LogP) is 3.13. The molecule has 0 amide bonds. The topological polar surface area (TPSA) is 71.5 Å². The maximum absolute atomic E-state index is 12.3. The zero-order chi connectivity index (χ0) is 16.2. The van der Waals surface area contributed by atoms with Gasteiger partial charge >= 0.3 is 5.97 Å². The molecule has 5 heteroatoms. The number of para-hydroxylation sites is 1. The van der Waals surface area contributed by atoms with Crippen LogP contribution >= 0.6 is 0 Å². The molecule has 0 bridgehead atoms. The highest BCUT2D eigenvalue weighted by molar-refractivity contribution is 6.04. The molecule has 2 N–H and O–H groups in total. The van der Waals surface area contributed by atoms with Crippen molar-refractivity contribution in [2.24, 2.45) is 0 Å². The van der Waals surface area contributed by atoms with Crippen LogP contribution in [-0.2, 0) is 4.74 Å². The van der Waals surface area contributed by atoms with E-state index >= 15 is 0 Å². The second-order valence-electron chi connectivity index (χ2n) is 5.93. The van der Waals surface area contributed by atoms with Crippen molar-refractivity contribution in [2.75, 3.05) is 11.9 Å². The van der Waals surface area contributed by atoms with Crippen molar-refractivity contribution >= 4 is 22.6 Å². The van der Waals surface area contributed by atoms with Crippen LogP contribution in [-0.4, -0.2) is 34.8 Å². The van der Waals surface area contributed by atoms with Gasteiger partial charge in [0.2, 0.25) is 0 Å². The first kappa shape index (κ1) is 15.7. The second-order valence-corrected chi connectivity index (χ2v) is 5.93. The quantitative estimate of drug-likeness (QED) is 0.848. The Labute approximate surface area is 135 Å². The molecule has 0 radical (unpaired) electrons. The number of hydrogen-bond donors (Lipinski definition) is 2. The third-order valence-electron chi connectivity index (χ3n) is 4.32. The first-order chi connectivity index (χ1) is 11.2. The Balaban J connectivity index is 1.97. The van der Waals surface area contributed by atoms with E-state index in [1.54, 1.807) is 13.1 Å². The number of anilines is 1. The fourth-order valence-electron chi connectivity index (χ4n) is 3.08. The molecule has 0 atom stereocenters. The van der Waals surface area contributed by atoms with Gasteiger partial charge in [-0.1, -0.05) is 18.2 Å². The summed E-state index contributed by atoms with van der Waals surface area (Å²) in [5.41, 5.74) is 2.10. The number of ether oxygens (including phenoxy) is 1. The molecule has 0 saturated heterocycles. The Hall–Kier alpha value is -2.14. The molecule has 0 spiro atoms. The average Bonchev–Trinajstić information content (AvgIpc) is 2.57. The van der Waals surface area contributed by atoms with Crippen molar-refractivity contribution < 1.29 is 14.6 Å². The lowest BCUT2D eigenvalue weighted by Crippen LogP contribution is -2.29. The average molecular weight is 314 g/mol. The van der Waals surface area contributed by atoms with Crippen LogP contribution in [0.15, 0.2) is 30.5 Å². The molecule has 0 aliphatic heterocycles. The molecule has 1 aromatic heterocycles. The maximum atomic E-state index is 12.3. The summed E-state index contributed by atoms with van der Waals surface area (Å²) in [7, 11) is 0. The Morgan fingerprint density at radius 1 is 1.30 bits per heavy atom.